The number of nitrogens with zero attached hydrogens (tertiary/aromatic N) is 1. The number of para-hydroxylation sites is 2. The van der Waals surface area contributed by atoms with Crippen LogP contribution in [0.1, 0.15) is 11.6 Å². The van der Waals surface area contributed by atoms with Crippen LogP contribution in [0.15, 0.2) is 54.6 Å². The third-order valence-corrected chi connectivity index (χ3v) is 4.07. The molecule has 0 bridgehead atoms. The highest BCUT2D eigenvalue weighted by atomic mass is 16.5. The van der Waals surface area contributed by atoms with Gasteiger partial charge in [0.2, 0.25) is 5.91 Å². The van der Waals surface area contributed by atoms with Crippen molar-refractivity contribution >= 4 is 11.8 Å². The molecule has 1 aliphatic heterocycles. The van der Waals surface area contributed by atoms with Crippen molar-refractivity contribution in [2.45, 2.75) is 6.04 Å². The van der Waals surface area contributed by atoms with Gasteiger partial charge in [-0.15, -0.1) is 0 Å². The van der Waals surface area contributed by atoms with E-state index in [1.807, 2.05) is 42.5 Å². The molecule has 1 unspecified atom stereocenters. The second kappa shape index (κ2) is 7.70. The number of carbonyl (C=O) groups excluding carboxylic acids is 2. The Balaban J connectivity index is 1.74. The molecule has 0 spiro atoms. The molecular weight excluding hydrogens is 320 g/mol. The van der Waals surface area contributed by atoms with Crippen LogP contribution in [0, 0.1) is 0 Å². The van der Waals surface area contributed by atoms with Crippen molar-refractivity contribution in [3.05, 3.63) is 60.2 Å². The van der Waals surface area contributed by atoms with E-state index >= 15 is 0 Å². The van der Waals surface area contributed by atoms with Crippen molar-refractivity contribution in [1.82, 2.24) is 10.2 Å². The van der Waals surface area contributed by atoms with Crippen LogP contribution >= 0.6 is 0 Å². The number of carbonyl (C=O) groups is 2. The first-order chi connectivity index (χ1) is 12.2. The molecule has 1 N–H and O–H groups in total. The summed E-state index contributed by atoms with van der Waals surface area (Å²) in [6.45, 7) is 0.721. The van der Waals surface area contributed by atoms with Gasteiger partial charge in [0.15, 0.2) is 18.1 Å². The highest BCUT2D eigenvalue weighted by Gasteiger charge is 2.34. The molecule has 1 saturated heterocycles. The fourth-order valence-corrected chi connectivity index (χ4v) is 2.86. The number of ether oxygens (including phenoxy) is 2. The molecule has 2 aromatic rings. The number of rotatable bonds is 5. The van der Waals surface area contributed by atoms with Gasteiger partial charge < -0.3 is 19.7 Å². The maximum Gasteiger partial charge on any atom is 0.261 e. The molecule has 0 radical (unpaired) electrons. The molecule has 130 valence electrons. The molecule has 1 fully saturated rings. The number of piperazine rings is 1. The topological polar surface area (TPSA) is 67.9 Å². The van der Waals surface area contributed by atoms with E-state index in [0.717, 1.165) is 5.56 Å². The zero-order valence-corrected chi connectivity index (χ0v) is 14.0. The summed E-state index contributed by atoms with van der Waals surface area (Å²) >= 11 is 0. The normalized spacial score (nSPS) is 16.9. The van der Waals surface area contributed by atoms with Gasteiger partial charge in [-0.2, -0.15) is 0 Å². The highest BCUT2D eigenvalue weighted by Crippen LogP contribution is 2.27. The Morgan fingerprint density at radius 2 is 1.80 bits per heavy atom. The summed E-state index contributed by atoms with van der Waals surface area (Å²) in [5.74, 6) is 0.639. The minimum atomic E-state index is -0.635. The van der Waals surface area contributed by atoms with Crippen LogP contribution in [0.2, 0.25) is 0 Å². The third-order valence-electron chi connectivity index (χ3n) is 4.07. The van der Waals surface area contributed by atoms with Crippen LogP contribution in [0.3, 0.4) is 0 Å². The van der Waals surface area contributed by atoms with E-state index in [2.05, 4.69) is 5.32 Å². The molecule has 25 heavy (non-hydrogen) atoms. The smallest absolute Gasteiger partial charge is 0.261 e. The summed E-state index contributed by atoms with van der Waals surface area (Å²) < 4.78 is 10.8. The molecule has 1 aliphatic rings. The number of methoxy groups -OCH3 is 1. The zero-order valence-electron chi connectivity index (χ0n) is 14.0. The first kappa shape index (κ1) is 16.8. The van der Waals surface area contributed by atoms with E-state index in [4.69, 9.17) is 9.47 Å². The van der Waals surface area contributed by atoms with Crippen LogP contribution in [0.25, 0.3) is 0 Å². The molecular formula is C19H20N2O4. The second-order valence-electron chi connectivity index (χ2n) is 5.63. The average molecular weight is 340 g/mol. The Hall–Kier alpha value is -3.02. The molecule has 3 rings (SSSR count). The number of nitrogens with one attached hydrogen (secondary N) is 1. The Morgan fingerprint density at radius 1 is 1.12 bits per heavy atom. The summed E-state index contributed by atoms with van der Waals surface area (Å²) in [4.78, 5) is 26.6. The number of hydrogen-bond acceptors (Lipinski definition) is 4. The van der Waals surface area contributed by atoms with Gasteiger partial charge in [0.1, 0.15) is 6.04 Å². The standard InChI is InChI=1S/C19H20N2O4/c1-24-15-9-5-6-10-16(15)25-13-17(22)21-12-11-20-19(23)18(21)14-7-3-2-4-8-14/h2-10,18H,11-13H2,1H3,(H,20,23). The van der Waals surface area contributed by atoms with E-state index in [1.54, 1.807) is 24.1 Å². The summed E-state index contributed by atoms with van der Waals surface area (Å²) in [7, 11) is 1.55. The van der Waals surface area contributed by atoms with Crippen LogP contribution in [-0.4, -0.2) is 43.5 Å². The van der Waals surface area contributed by atoms with Gasteiger partial charge in [-0.05, 0) is 17.7 Å². The predicted octanol–water partition coefficient (Wildman–Crippen LogP) is 1.77. The maximum atomic E-state index is 12.7. The van der Waals surface area contributed by atoms with Crippen LogP contribution < -0.4 is 14.8 Å². The monoisotopic (exact) mass is 340 g/mol. The summed E-state index contributed by atoms with van der Waals surface area (Å²) in [5.41, 5.74) is 0.783. The highest BCUT2D eigenvalue weighted by molar-refractivity contribution is 5.90. The van der Waals surface area contributed by atoms with Crippen molar-refractivity contribution in [3.8, 4) is 11.5 Å². The molecule has 2 aromatic carbocycles. The molecule has 6 heteroatoms. The summed E-state index contributed by atoms with van der Waals surface area (Å²) in [5, 5.41) is 2.81. The summed E-state index contributed by atoms with van der Waals surface area (Å²) in [6, 6.07) is 15.8. The lowest BCUT2D eigenvalue weighted by atomic mass is 10.0. The molecule has 1 atom stereocenters. The second-order valence-corrected chi connectivity index (χ2v) is 5.63. The number of benzene rings is 2. The van der Waals surface area contributed by atoms with Crippen molar-refractivity contribution in [2.24, 2.45) is 0 Å². The number of hydrogen-bond donors (Lipinski definition) is 1. The third kappa shape index (κ3) is 3.74. The van der Waals surface area contributed by atoms with Crippen LogP contribution in [0.5, 0.6) is 11.5 Å². The Morgan fingerprint density at radius 3 is 2.52 bits per heavy atom. The van der Waals surface area contributed by atoms with Gasteiger partial charge in [0.25, 0.3) is 5.91 Å². The zero-order chi connectivity index (χ0) is 17.6. The molecule has 0 saturated carbocycles. The largest absolute Gasteiger partial charge is 0.493 e. The maximum absolute atomic E-state index is 12.7. The minimum absolute atomic E-state index is 0.156. The van der Waals surface area contributed by atoms with Crippen LogP contribution in [0.4, 0.5) is 0 Å². The minimum Gasteiger partial charge on any atom is -0.493 e. The van der Waals surface area contributed by atoms with Crippen molar-refractivity contribution in [2.75, 3.05) is 26.8 Å². The number of amides is 2. The van der Waals surface area contributed by atoms with E-state index in [1.165, 1.54) is 0 Å². The first-order valence-electron chi connectivity index (χ1n) is 8.08. The molecule has 2 amide bonds. The average Bonchev–Trinajstić information content (AvgIpc) is 2.66. The van der Waals surface area contributed by atoms with Crippen LogP contribution in [-0.2, 0) is 9.59 Å². The lowest BCUT2D eigenvalue weighted by Crippen LogP contribution is -2.53. The lowest BCUT2D eigenvalue weighted by molar-refractivity contribution is -0.145. The van der Waals surface area contributed by atoms with Crippen molar-refractivity contribution < 1.29 is 19.1 Å². The fourth-order valence-electron chi connectivity index (χ4n) is 2.86. The van der Waals surface area contributed by atoms with Gasteiger partial charge in [-0.1, -0.05) is 42.5 Å². The Bertz CT molecular complexity index is 748. The van der Waals surface area contributed by atoms with Crippen molar-refractivity contribution in [3.63, 3.8) is 0 Å². The predicted molar refractivity (Wildman–Crippen MR) is 92.4 cm³/mol. The molecule has 0 aromatic heterocycles. The molecule has 1 heterocycles. The van der Waals surface area contributed by atoms with E-state index < -0.39 is 6.04 Å². The Labute approximate surface area is 146 Å². The molecule has 0 aliphatic carbocycles. The lowest BCUT2D eigenvalue weighted by Gasteiger charge is -2.35. The SMILES string of the molecule is COc1ccccc1OCC(=O)N1CCNC(=O)C1c1ccccc1. The fraction of sp³-hybridized carbons (Fsp3) is 0.263. The van der Waals surface area contributed by atoms with E-state index in [9.17, 15) is 9.59 Å². The van der Waals surface area contributed by atoms with Gasteiger partial charge in [0.05, 0.1) is 7.11 Å². The Kier molecular flexibility index (Phi) is 5.18. The van der Waals surface area contributed by atoms with E-state index in [-0.39, 0.29) is 18.4 Å². The van der Waals surface area contributed by atoms with Gasteiger partial charge in [-0.25, -0.2) is 0 Å². The molecule has 6 nitrogen and oxygen atoms in total. The van der Waals surface area contributed by atoms with Gasteiger partial charge in [0, 0.05) is 13.1 Å². The first-order valence-corrected chi connectivity index (χ1v) is 8.08. The van der Waals surface area contributed by atoms with Gasteiger partial charge in [-0.3, -0.25) is 9.59 Å². The van der Waals surface area contributed by atoms with E-state index in [0.29, 0.717) is 24.6 Å². The quantitative estimate of drug-likeness (QED) is 0.901. The van der Waals surface area contributed by atoms with Gasteiger partial charge >= 0.3 is 0 Å². The van der Waals surface area contributed by atoms with Crippen molar-refractivity contribution in [1.29, 1.82) is 0 Å². The summed E-state index contributed by atoms with van der Waals surface area (Å²) in [6.07, 6.45) is 0.